The van der Waals surface area contributed by atoms with E-state index in [9.17, 15) is 22.8 Å². The number of halogens is 3. The van der Waals surface area contributed by atoms with Crippen LogP contribution < -0.4 is 5.32 Å². The molecule has 0 aromatic heterocycles. The summed E-state index contributed by atoms with van der Waals surface area (Å²) in [5.41, 5.74) is -0.895. The van der Waals surface area contributed by atoms with Crippen LogP contribution in [0.3, 0.4) is 0 Å². The summed E-state index contributed by atoms with van der Waals surface area (Å²) in [7, 11) is 0. The first kappa shape index (κ1) is 15.7. The molecule has 1 amide bonds. The maximum Gasteiger partial charge on any atom is 0.416 e. The number of allylic oxidation sites excluding steroid dienone is 1. The second kappa shape index (κ2) is 6.74. The van der Waals surface area contributed by atoms with Crippen molar-refractivity contribution in [2.45, 2.75) is 13.1 Å². The van der Waals surface area contributed by atoms with E-state index in [1.54, 1.807) is 6.92 Å². The highest BCUT2D eigenvalue weighted by Crippen LogP contribution is 2.30. The van der Waals surface area contributed by atoms with Crippen molar-refractivity contribution in [2.75, 3.05) is 11.9 Å². The number of ether oxygens (including phenoxy) is 1. The molecule has 1 N–H and O–H groups in total. The monoisotopic (exact) mass is 287 g/mol. The number of esters is 1. The van der Waals surface area contributed by atoms with Crippen molar-refractivity contribution in [1.29, 1.82) is 0 Å². The summed E-state index contributed by atoms with van der Waals surface area (Å²) >= 11 is 0. The molecule has 4 nitrogen and oxygen atoms in total. The van der Waals surface area contributed by atoms with Crippen LogP contribution in [0, 0.1) is 0 Å². The molecule has 0 fully saturated rings. The summed E-state index contributed by atoms with van der Waals surface area (Å²) in [5.74, 6) is -1.42. The fourth-order valence-corrected chi connectivity index (χ4v) is 1.29. The maximum absolute atomic E-state index is 12.5. The first-order valence-electron chi connectivity index (χ1n) is 5.59. The zero-order valence-corrected chi connectivity index (χ0v) is 10.5. The molecule has 1 aromatic carbocycles. The molecular formula is C13H12F3NO3. The van der Waals surface area contributed by atoms with E-state index in [2.05, 4.69) is 10.1 Å². The van der Waals surface area contributed by atoms with Gasteiger partial charge in [0.15, 0.2) is 6.61 Å². The second-order valence-electron chi connectivity index (χ2n) is 3.73. The number of hydrogen-bond acceptors (Lipinski definition) is 3. The summed E-state index contributed by atoms with van der Waals surface area (Å²) in [6, 6.07) is 4.17. The fraction of sp³-hybridized carbons (Fsp3) is 0.231. The van der Waals surface area contributed by atoms with Crippen LogP contribution in [0.5, 0.6) is 0 Å². The largest absolute Gasteiger partial charge is 0.452 e. The molecule has 20 heavy (non-hydrogen) atoms. The molecule has 0 saturated heterocycles. The number of carbonyl (C=O) groups excluding carboxylic acids is 2. The fourth-order valence-electron chi connectivity index (χ4n) is 1.29. The minimum Gasteiger partial charge on any atom is -0.452 e. The lowest BCUT2D eigenvalue weighted by molar-refractivity contribution is -0.142. The number of carbonyl (C=O) groups is 2. The zero-order valence-electron chi connectivity index (χ0n) is 10.5. The Morgan fingerprint density at radius 1 is 1.35 bits per heavy atom. The Labute approximate surface area is 113 Å². The smallest absolute Gasteiger partial charge is 0.416 e. The highest BCUT2D eigenvalue weighted by Gasteiger charge is 2.30. The molecule has 0 unspecified atom stereocenters. The van der Waals surface area contributed by atoms with Crippen molar-refractivity contribution in [3.8, 4) is 0 Å². The van der Waals surface area contributed by atoms with Gasteiger partial charge in [-0.3, -0.25) is 4.79 Å². The molecule has 1 rings (SSSR count). The van der Waals surface area contributed by atoms with E-state index >= 15 is 0 Å². The molecule has 108 valence electrons. The number of hydrogen-bond donors (Lipinski definition) is 1. The van der Waals surface area contributed by atoms with Gasteiger partial charge in [-0.2, -0.15) is 13.2 Å². The van der Waals surface area contributed by atoms with E-state index in [1.165, 1.54) is 18.2 Å². The Balaban J connectivity index is 2.60. The Morgan fingerprint density at radius 2 is 2.05 bits per heavy atom. The highest BCUT2D eigenvalue weighted by molar-refractivity contribution is 5.93. The zero-order chi connectivity index (χ0) is 15.2. The van der Waals surface area contributed by atoms with E-state index in [-0.39, 0.29) is 5.69 Å². The summed E-state index contributed by atoms with van der Waals surface area (Å²) in [6.45, 7) is 1.03. The number of amides is 1. The van der Waals surface area contributed by atoms with Crippen LogP contribution in [0.1, 0.15) is 12.5 Å². The molecule has 0 atom stereocenters. The first-order valence-corrected chi connectivity index (χ1v) is 5.59. The van der Waals surface area contributed by atoms with E-state index in [1.807, 2.05) is 0 Å². The van der Waals surface area contributed by atoms with E-state index in [4.69, 9.17) is 0 Å². The van der Waals surface area contributed by atoms with Crippen LogP contribution in [-0.4, -0.2) is 18.5 Å². The van der Waals surface area contributed by atoms with Crippen LogP contribution in [0.2, 0.25) is 0 Å². The Bertz CT molecular complexity index is 524. The lowest BCUT2D eigenvalue weighted by Crippen LogP contribution is -2.20. The third kappa shape index (κ3) is 5.13. The lowest BCUT2D eigenvalue weighted by atomic mass is 10.2. The topological polar surface area (TPSA) is 55.4 Å². The Kier molecular flexibility index (Phi) is 5.31. The van der Waals surface area contributed by atoms with E-state index in [0.717, 1.165) is 18.2 Å². The van der Waals surface area contributed by atoms with Crippen molar-refractivity contribution in [3.05, 3.63) is 42.0 Å². The standard InChI is InChI=1S/C13H12F3NO3/c1-2-4-12(19)20-8-11(18)17-10-6-3-5-9(7-10)13(14,15)16/h2-7H,8H2,1H3,(H,17,18)/b4-2+. The third-order valence-corrected chi connectivity index (χ3v) is 2.12. The number of benzene rings is 1. The lowest BCUT2D eigenvalue weighted by Gasteiger charge is -2.09. The summed E-state index contributed by atoms with van der Waals surface area (Å²) < 4.78 is 41.9. The molecule has 0 radical (unpaired) electrons. The molecule has 0 aliphatic rings. The maximum atomic E-state index is 12.5. The molecule has 7 heteroatoms. The normalized spacial score (nSPS) is 11.4. The molecule has 0 spiro atoms. The predicted molar refractivity (Wildman–Crippen MR) is 65.8 cm³/mol. The Morgan fingerprint density at radius 3 is 2.65 bits per heavy atom. The number of rotatable bonds is 4. The summed E-state index contributed by atoms with van der Waals surface area (Å²) in [6.07, 6.45) is -1.93. The summed E-state index contributed by atoms with van der Waals surface area (Å²) in [5, 5.41) is 2.21. The molecule has 0 aliphatic heterocycles. The van der Waals surface area contributed by atoms with Gasteiger partial charge in [0.1, 0.15) is 0 Å². The van der Waals surface area contributed by atoms with Crippen LogP contribution >= 0.6 is 0 Å². The predicted octanol–water partition coefficient (Wildman–Crippen LogP) is 2.76. The van der Waals surface area contributed by atoms with Crippen molar-refractivity contribution in [1.82, 2.24) is 0 Å². The minimum absolute atomic E-state index is 0.0214. The third-order valence-electron chi connectivity index (χ3n) is 2.12. The number of anilines is 1. The van der Waals surface area contributed by atoms with Gasteiger partial charge in [0.05, 0.1) is 5.56 Å². The second-order valence-corrected chi connectivity index (χ2v) is 3.73. The van der Waals surface area contributed by atoms with Gasteiger partial charge >= 0.3 is 12.1 Å². The van der Waals surface area contributed by atoms with Crippen LogP contribution in [0.4, 0.5) is 18.9 Å². The van der Waals surface area contributed by atoms with Gasteiger partial charge in [0, 0.05) is 11.8 Å². The quantitative estimate of drug-likeness (QED) is 0.684. The van der Waals surface area contributed by atoms with E-state index in [0.29, 0.717) is 0 Å². The summed E-state index contributed by atoms with van der Waals surface area (Å²) in [4.78, 5) is 22.3. The molecular weight excluding hydrogens is 275 g/mol. The molecule has 0 saturated carbocycles. The Hall–Kier alpha value is -2.31. The van der Waals surface area contributed by atoms with Crippen LogP contribution in [-0.2, 0) is 20.5 Å². The van der Waals surface area contributed by atoms with Gasteiger partial charge in [-0.25, -0.2) is 4.79 Å². The highest BCUT2D eigenvalue weighted by atomic mass is 19.4. The van der Waals surface area contributed by atoms with Crippen molar-refractivity contribution in [3.63, 3.8) is 0 Å². The molecule has 0 aliphatic carbocycles. The van der Waals surface area contributed by atoms with E-state index < -0.39 is 30.2 Å². The average Bonchev–Trinajstić information content (AvgIpc) is 2.36. The average molecular weight is 287 g/mol. The number of nitrogens with one attached hydrogen (secondary N) is 1. The van der Waals surface area contributed by atoms with Crippen LogP contribution in [0.25, 0.3) is 0 Å². The van der Waals surface area contributed by atoms with Gasteiger partial charge in [-0.05, 0) is 25.1 Å². The van der Waals surface area contributed by atoms with Crippen molar-refractivity contribution < 1.29 is 27.5 Å². The first-order chi connectivity index (χ1) is 9.32. The SMILES string of the molecule is C/C=C/C(=O)OCC(=O)Nc1cccc(C(F)(F)F)c1. The van der Waals surface area contributed by atoms with Gasteiger partial charge in [-0.15, -0.1) is 0 Å². The molecule has 0 heterocycles. The van der Waals surface area contributed by atoms with Gasteiger partial charge in [0.25, 0.3) is 5.91 Å². The molecule has 1 aromatic rings. The van der Waals surface area contributed by atoms with Gasteiger partial charge < -0.3 is 10.1 Å². The van der Waals surface area contributed by atoms with Crippen molar-refractivity contribution in [2.24, 2.45) is 0 Å². The van der Waals surface area contributed by atoms with Crippen LogP contribution in [0.15, 0.2) is 36.4 Å². The van der Waals surface area contributed by atoms with Crippen molar-refractivity contribution >= 4 is 17.6 Å². The van der Waals surface area contributed by atoms with Gasteiger partial charge in [0.2, 0.25) is 0 Å². The van der Waals surface area contributed by atoms with Gasteiger partial charge in [-0.1, -0.05) is 12.1 Å². The molecule has 0 bridgehead atoms. The number of alkyl halides is 3. The minimum atomic E-state index is -4.49.